The summed E-state index contributed by atoms with van der Waals surface area (Å²) in [5, 5.41) is 4.04. The van der Waals surface area contributed by atoms with Crippen molar-refractivity contribution in [3.05, 3.63) is 18.0 Å². The summed E-state index contributed by atoms with van der Waals surface area (Å²) < 4.78 is 12.4. The van der Waals surface area contributed by atoms with Crippen LogP contribution in [0, 0.1) is 5.92 Å². The Morgan fingerprint density at radius 2 is 2.21 bits per heavy atom. The van der Waals surface area contributed by atoms with Gasteiger partial charge in [-0.15, -0.1) is 0 Å². The number of rotatable bonds is 6. The van der Waals surface area contributed by atoms with Gasteiger partial charge in [-0.3, -0.25) is 4.68 Å². The van der Waals surface area contributed by atoms with Crippen LogP contribution < -0.4 is 0 Å². The topological polar surface area (TPSA) is 36.3 Å². The summed E-state index contributed by atoms with van der Waals surface area (Å²) in [6.07, 6.45) is 1.76. The highest BCUT2D eigenvalue weighted by molar-refractivity contribution is 4.97. The van der Waals surface area contributed by atoms with Crippen LogP contribution in [-0.2, 0) is 23.1 Å². The molecule has 4 heteroatoms. The number of aromatic nitrogens is 2. The van der Waals surface area contributed by atoms with Crippen molar-refractivity contribution in [2.24, 2.45) is 13.0 Å². The molecule has 1 aromatic rings. The Morgan fingerprint density at radius 1 is 1.43 bits per heavy atom. The second kappa shape index (κ2) is 5.78. The van der Waals surface area contributed by atoms with E-state index < -0.39 is 0 Å². The minimum absolute atomic E-state index is 0.351. The molecule has 0 N–H and O–H groups in total. The molecular weight excluding hydrogens is 180 g/mol. The number of ether oxygens (including phenoxy) is 2. The second-order valence-electron chi connectivity index (χ2n) is 3.68. The molecule has 0 aliphatic carbocycles. The summed E-state index contributed by atoms with van der Waals surface area (Å²) in [4.78, 5) is 0. The van der Waals surface area contributed by atoms with Crippen molar-refractivity contribution in [3.63, 3.8) is 0 Å². The third-order valence-electron chi connectivity index (χ3n) is 1.79. The fourth-order valence-electron chi connectivity index (χ4n) is 1.03. The van der Waals surface area contributed by atoms with Crippen molar-refractivity contribution in [2.75, 3.05) is 13.4 Å². The van der Waals surface area contributed by atoms with E-state index in [0.717, 1.165) is 12.3 Å². The number of hydrogen-bond donors (Lipinski definition) is 0. The minimum atomic E-state index is 0.351. The zero-order valence-electron chi connectivity index (χ0n) is 9.06. The van der Waals surface area contributed by atoms with E-state index in [4.69, 9.17) is 9.47 Å². The van der Waals surface area contributed by atoms with Gasteiger partial charge in [-0.2, -0.15) is 5.10 Å². The standard InChI is InChI=1S/C10H18N2O2/c1-9(2)6-13-8-14-7-10-4-5-11-12(10)3/h4-5,9H,6-8H2,1-3H3. The van der Waals surface area contributed by atoms with E-state index in [0.29, 0.717) is 19.3 Å². The average molecular weight is 198 g/mol. The van der Waals surface area contributed by atoms with Gasteiger partial charge >= 0.3 is 0 Å². The molecule has 0 aromatic carbocycles. The van der Waals surface area contributed by atoms with Crippen LogP contribution in [-0.4, -0.2) is 23.2 Å². The summed E-state index contributed by atoms with van der Waals surface area (Å²) in [5.74, 6) is 0.551. The van der Waals surface area contributed by atoms with Crippen LogP contribution in [0.2, 0.25) is 0 Å². The molecule has 4 nitrogen and oxygen atoms in total. The lowest BCUT2D eigenvalue weighted by atomic mass is 10.2. The molecule has 0 unspecified atom stereocenters. The highest BCUT2D eigenvalue weighted by atomic mass is 16.7. The normalized spacial score (nSPS) is 11.1. The molecule has 1 heterocycles. The van der Waals surface area contributed by atoms with E-state index in [2.05, 4.69) is 18.9 Å². The highest BCUT2D eigenvalue weighted by Gasteiger charge is 1.98. The Balaban J connectivity index is 2.08. The Labute approximate surface area is 84.8 Å². The van der Waals surface area contributed by atoms with Crippen LogP contribution in [0.15, 0.2) is 12.3 Å². The molecule has 0 aliphatic heterocycles. The smallest absolute Gasteiger partial charge is 0.147 e. The Bertz CT molecular complexity index is 258. The first-order valence-electron chi connectivity index (χ1n) is 4.82. The maximum absolute atomic E-state index is 5.33. The van der Waals surface area contributed by atoms with Gasteiger partial charge < -0.3 is 9.47 Å². The van der Waals surface area contributed by atoms with Crippen molar-refractivity contribution in [3.8, 4) is 0 Å². The van der Waals surface area contributed by atoms with Gasteiger partial charge in [0.1, 0.15) is 6.79 Å². The summed E-state index contributed by atoms with van der Waals surface area (Å²) >= 11 is 0. The zero-order chi connectivity index (χ0) is 10.4. The van der Waals surface area contributed by atoms with Gasteiger partial charge in [0.25, 0.3) is 0 Å². The molecule has 0 saturated heterocycles. The van der Waals surface area contributed by atoms with Crippen molar-refractivity contribution in [1.29, 1.82) is 0 Å². The molecule has 0 fully saturated rings. The van der Waals surface area contributed by atoms with Gasteiger partial charge in [0.2, 0.25) is 0 Å². The first kappa shape index (κ1) is 11.2. The Hall–Kier alpha value is -0.870. The van der Waals surface area contributed by atoms with E-state index in [1.54, 1.807) is 10.9 Å². The van der Waals surface area contributed by atoms with Gasteiger partial charge in [-0.05, 0) is 12.0 Å². The third-order valence-corrected chi connectivity index (χ3v) is 1.79. The molecule has 0 spiro atoms. The largest absolute Gasteiger partial charge is 0.355 e. The molecule has 0 amide bonds. The quantitative estimate of drug-likeness (QED) is 0.514. The summed E-state index contributed by atoms with van der Waals surface area (Å²) in [5.41, 5.74) is 1.05. The van der Waals surface area contributed by atoms with Crippen molar-refractivity contribution >= 4 is 0 Å². The summed E-state index contributed by atoms with van der Waals surface area (Å²) in [6.45, 7) is 5.87. The number of aryl methyl sites for hydroxylation is 1. The summed E-state index contributed by atoms with van der Waals surface area (Å²) in [7, 11) is 1.90. The number of hydrogen-bond acceptors (Lipinski definition) is 3. The van der Waals surface area contributed by atoms with Crippen LogP contribution in [0.5, 0.6) is 0 Å². The lowest BCUT2D eigenvalue weighted by molar-refractivity contribution is -0.0702. The predicted octanol–water partition coefficient (Wildman–Crippen LogP) is 1.57. The molecule has 0 saturated carbocycles. The van der Waals surface area contributed by atoms with Gasteiger partial charge in [-0.25, -0.2) is 0 Å². The Morgan fingerprint density at radius 3 is 2.79 bits per heavy atom. The van der Waals surface area contributed by atoms with Crippen LogP contribution in [0.25, 0.3) is 0 Å². The molecular formula is C10H18N2O2. The van der Waals surface area contributed by atoms with Gasteiger partial charge in [0.05, 0.1) is 18.9 Å². The fourth-order valence-corrected chi connectivity index (χ4v) is 1.03. The van der Waals surface area contributed by atoms with E-state index in [1.807, 2.05) is 13.1 Å². The first-order valence-corrected chi connectivity index (χ1v) is 4.82. The van der Waals surface area contributed by atoms with Crippen LogP contribution >= 0.6 is 0 Å². The molecule has 0 atom stereocenters. The molecule has 80 valence electrons. The molecule has 0 bridgehead atoms. The van der Waals surface area contributed by atoms with Crippen molar-refractivity contribution < 1.29 is 9.47 Å². The number of nitrogens with zero attached hydrogens (tertiary/aromatic N) is 2. The van der Waals surface area contributed by atoms with Gasteiger partial charge in [-0.1, -0.05) is 13.8 Å². The monoisotopic (exact) mass is 198 g/mol. The van der Waals surface area contributed by atoms with Crippen molar-refractivity contribution in [2.45, 2.75) is 20.5 Å². The lowest BCUT2D eigenvalue weighted by Gasteiger charge is -2.07. The van der Waals surface area contributed by atoms with E-state index in [-0.39, 0.29) is 0 Å². The molecule has 14 heavy (non-hydrogen) atoms. The van der Waals surface area contributed by atoms with Gasteiger partial charge in [0.15, 0.2) is 0 Å². The average Bonchev–Trinajstić information content (AvgIpc) is 2.51. The molecule has 0 aliphatic rings. The van der Waals surface area contributed by atoms with E-state index in [1.165, 1.54) is 0 Å². The van der Waals surface area contributed by atoms with Crippen LogP contribution in [0.4, 0.5) is 0 Å². The summed E-state index contributed by atoms with van der Waals surface area (Å²) in [6, 6.07) is 1.93. The fraction of sp³-hybridized carbons (Fsp3) is 0.700. The van der Waals surface area contributed by atoms with Gasteiger partial charge in [0, 0.05) is 13.2 Å². The molecule has 1 rings (SSSR count). The van der Waals surface area contributed by atoms with Crippen LogP contribution in [0.3, 0.4) is 0 Å². The van der Waals surface area contributed by atoms with E-state index >= 15 is 0 Å². The third kappa shape index (κ3) is 3.89. The molecule has 1 aromatic heterocycles. The predicted molar refractivity (Wildman–Crippen MR) is 53.7 cm³/mol. The second-order valence-corrected chi connectivity index (χ2v) is 3.68. The van der Waals surface area contributed by atoms with E-state index in [9.17, 15) is 0 Å². The highest BCUT2D eigenvalue weighted by Crippen LogP contribution is 1.99. The maximum Gasteiger partial charge on any atom is 0.147 e. The zero-order valence-corrected chi connectivity index (χ0v) is 9.06. The molecule has 0 radical (unpaired) electrons. The minimum Gasteiger partial charge on any atom is -0.355 e. The SMILES string of the molecule is CC(C)COCOCc1ccnn1C. The van der Waals surface area contributed by atoms with Crippen LogP contribution in [0.1, 0.15) is 19.5 Å². The Kier molecular flexibility index (Phi) is 4.62. The van der Waals surface area contributed by atoms with Crippen molar-refractivity contribution in [1.82, 2.24) is 9.78 Å². The lowest BCUT2D eigenvalue weighted by Crippen LogP contribution is -2.07. The maximum atomic E-state index is 5.33. The first-order chi connectivity index (χ1) is 6.70.